The maximum atomic E-state index is 6.50. The number of nitrogens with one attached hydrogen (secondary N) is 1. The fraction of sp³-hybridized carbons (Fsp3) is 0.565. The minimum Gasteiger partial charge on any atom is -0.489 e. The highest BCUT2D eigenvalue weighted by Gasteiger charge is 2.27. The van der Waals surface area contributed by atoms with Crippen molar-refractivity contribution in [2.75, 3.05) is 18.9 Å². The Kier molecular flexibility index (Phi) is 6.36. The third-order valence-electron chi connectivity index (χ3n) is 6.23. The molecule has 2 aromatic rings. The Bertz CT molecular complexity index is 939. The van der Waals surface area contributed by atoms with Gasteiger partial charge in [-0.05, 0) is 57.6 Å². The van der Waals surface area contributed by atoms with Crippen LogP contribution in [-0.2, 0) is 7.05 Å². The fourth-order valence-corrected chi connectivity index (χ4v) is 4.15. The molecule has 0 aliphatic heterocycles. The number of hydrogen-bond acceptors (Lipinski definition) is 7. The molecule has 168 valence electrons. The number of anilines is 1. The van der Waals surface area contributed by atoms with Gasteiger partial charge in [-0.1, -0.05) is 6.42 Å². The molecule has 31 heavy (non-hydrogen) atoms. The maximum absolute atomic E-state index is 6.50. The van der Waals surface area contributed by atoms with E-state index in [-0.39, 0.29) is 0 Å². The molecular weight excluding hydrogens is 390 g/mol. The van der Waals surface area contributed by atoms with Crippen molar-refractivity contribution in [3.63, 3.8) is 0 Å². The van der Waals surface area contributed by atoms with E-state index < -0.39 is 0 Å². The van der Waals surface area contributed by atoms with Gasteiger partial charge < -0.3 is 20.8 Å². The Labute approximate surface area is 184 Å². The molecule has 0 atom stereocenters. The van der Waals surface area contributed by atoms with Gasteiger partial charge in [0.15, 0.2) is 0 Å². The second-order valence-electron chi connectivity index (χ2n) is 8.84. The van der Waals surface area contributed by atoms with Gasteiger partial charge in [-0.25, -0.2) is 10.8 Å². The van der Waals surface area contributed by atoms with E-state index in [0.717, 1.165) is 41.5 Å². The first-order valence-corrected chi connectivity index (χ1v) is 11.3. The van der Waals surface area contributed by atoms with Gasteiger partial charge in [-0.15, -0.1) is 0 Å². The molecule has 2 aromatic heterocycles. The molecular formula is C23H35N7O. The van der Waals surface area contributed by atoms with Crippen LogP contribution >= 0.6 is 0 Å². The SMILES string of the molecule is Cc1nc(/C(N)=C(\CNc2cc(C3CC3)nn2C)N(C)N)ccc1OC1CCCCC1. The Morgan fingerprint density at radius 1 is 1.23 bits per heavy atom. The smallest absolute Gasteiger partial charge is 0.140 e. The van der Waals surface area contributed by atoms with Crippen LogP contribution in [0.3, 0.4) is 0 Å². The van der Waals surface area contributed by atoms with Crippen LogP contribution in [0.25, 0.3) is 5.70 Å². The Morgan fingerprint density at radius 2 is 1.97 bits per heavy atom. The van der Waals surface area contributed by atoms with Crippen LogP contribution in [0.2, 0.25) is 0 Å². The first kappa shape index (κ1) is 21.5. The van der Waals surface area contributed by atoms with Crippen LogP contribution in [0.15, 0.2) is 23.9 Å². The summed E-state index contributed by atoms with van der Waals surface area (Å²) in [4.78, 5) is 4.71. The molecule has 5 N–H and O–H groups in total. The molecule has 0 radical (unpaired) electrons. The fourth-order valence-electron chi connectivity index (χ4n) is 4.15. The number of ether oxygens (including phenoxy) is 1. The van der Waals surface area contributed by atoms with Crippen molar-refractivity contribution in [3.05, 3.63) is 41.0 Å². The molecule has 2 saturated carbocycles. The minimum atomic E-state index is 0.294. The number of nitrogens with zero attached hydrogens (tertiary/aromatic N) is 4. The lowest BCUT2D eigenvalue weighted by molar-refractivity contribution is 0.153. The van der Waals surface area contributed by atoms with E-state index in [1.165, 1.54) is 32.1 Å². The first-order chi connectivity index (χ1) is 14.9. The highest BCUT2D eigenvalue weighted by molar-refractivity contribution is 5.64. The highest BCUT2D eigenvalue weighted by Crippen LogP contribution is 2.40. The molecule has 2 fully saturated rings. The zero-order valence-electron chi connectivity index (χ0n) is 18.9. The summed E-state index contributed by atoms with van der Waals surface area (Å²) in [5.74, 6) is 8.52. The van der Waals surface area contributed by atoms with E-state index in [2.05, 4.69) is 16.5 Å². The molecule has 0 unspecified atom stereocenters. The summed E-state index contributed by atoms with van der Waals surface area (Å²) in [6.45, 7) is 2.44. The summed E-state index contributed by atoms with van der Waals surface area (Å²) in [5, 5.41) is 9.57. The molecule has 2 aliphatic carbocycles. The van der Waals surface area contributed by atoms with Crippen LogP contribution in [0.1, 0.15) is 67.9 Å². The number of hydrazine groups is 1. The largest absolute Gasteiger partial charge is 0.489 e. The molecule has 0 saturated heterocycles. The Hall–Kier alpha value is -2.74. The summed E-state index contributed by atoms with van der Waals surface area (Å²) in [5.41, 5.74) is 10.5. The predicted octanol–water partition coefficient (Wildman–Crippen LogP) is 3.26. The molecule has 2 aliphatic rings. The lowest BCUT2D eigenvalue weighted by atomic mass is 9.98. The van der Waals surface area contributed by atoms with E-state index >= 15 is 0 Å². The number of rotatable bonds is 8. The van der Waals surface area contributed by atoms with E-state index in [1.807, 2.05) is 30.8 Å². The number of aromatic nitrogens is 3. The summed E-state index contributed by atoms with van der Waals surface area (Å²) in [7, 11) is 3.74. The van der Waals surface area contributed by atoms with Crippen molar-refractivity contribution in [2.24, 2.45) is 18.6 Å². The Morgan fingerprint density at radius 3 is 2.61 bits per heavy atom. The maximum Gasteiger partial charge on any atom is 0.140 e. The molecule has 0 spiro atoms. The van der Waals surface area contributed by atoms with Crippen molar-refractivity contribution >= 4 is 11.5 Å². The molecule has 0 amide bonds. The van der Waals surface area contributed by atoms with Gasteiger partial charge in [0.25, 0.3) is 0 Å². The zero-order chi connectivity index (χ0) is 22.0. The van der Waals surface area contributed by atoms with E-state index in [4.69, 9.17) is 21.3 Å². The molecule has 8 nitrogen and oxygen atoms in total. The molecule has 2 heterocycles. The van der Waals surface area contributed by atoms with Gasteiger partial charge in [-0.2, -0.15) is 5.10 Å². The monoisotopic (exact) mass is 425 g/mol. The molecule has 8 heteroatoms. The molecule has 4 rings (SSSR count). The van der Waals surface area contributed by atoms with Gasteiger partial charge in [0, 0.05) is 26.1 Å². The first-order valence-electron chi connectivity index (χ1n) is 11.3. The number of pyridine rings is 1. The Balaban J connectivity index is 1.48. The van der Waals surface area contributed by atoms with Crippen molar-refractivity contribution in [1.29, 1.82) is 0 Å². The number of likely N-dealkylation sites (N-methyl/N-ethyl adjacent to an activating group) is 1. The number of nitrogens with two attached hydrogens (primary N) is 2. The van der Waals surface area contributed by atoms with Crippen LogP contribution < -0.4 is 21.6 Å². The topological polar surface area (TPSA) is 107 Å². The number of aryl methyl sites for hydroxylation is 2. The molecule has 0 aromatic carbocycles. The standard InChI is InChI=1S/C23H35N7O/c1-15-21(31-17-7-5-4-6-8-17)12-11-18(27-15)23(24)20(29(2)25)14-26-22-13-19(16-9-10-16)28-30(22)3/h11-13,16-17,26H,4-10,14,24-25H2,1-3H3/b23-20-. The van der Waals surface area contributed by atoms with Gasteiger partial charge >= 0.3 is 0 Å². The van der Waals surface area contributed by atoms with Crippen molar-refractivity contribution in [2.45, 2.75) is 63.9 Å². The van der Waals surface area contributed by atoms with Gasteiger partial charge in [-0.3, -0.25) is 4.68 Å². The normalized spacial score (nSPS) is 17.9. The third-order valence-corrected chi connectivity index (χ3v) is 6.23. The van der Waals surface area contributed by atoms with Crippen LogP contribution in [-0.4, -0.2) is 39.5 Å². The second-order valence-corrected chi connectivity index (χ2v) is 8.84. The van der Waals surface area contributed by atoms with Crippen molar-refractivity contribution in [3.8, 4) is 5.75 Å². The average Bonchev–Trinajstić information content (AvgIpc) is 3.53. The van der Waals surface area contributed by atoms with Crippen LogP contribution in [0.4, 0.5) is 5.82 Å². The van der Waals surface area contributed by atoms with Crippen molar-refractivity contribution < 1.29 is 4.74 Å². The van der Waals surface area contributed by atoms with Crippen LogP contribution in [0.5, 0.6) is 5.75 Å². The van der Waals surface area contributed by atoms with E-state index in [1.54, 1.807) is 12.1 Å². The second kappa shape index (κ2) is 9.18. The van der Waals surface area contributed by atoms with E-state index in [0.29, 0.717) is 30.0 Å². The minimum absolute atomic E-state index is 0.294. The van der Waals surface area contributed by atoms with E-state index in [9.17, 15) is 0 Å². The summed E-state index contributed by atoms with van der Waals surface area (Å²) in [6, 6.07) is 6.00. The average molecular weight is 426 g/mol. The summed E-state index contributed by atoms with van der Waals surface area (Å²) < 4.78 is 8.07. The lowest BCUT2D eigenvalue weighted by Crippen LogP contribution is -2.32. The number of hydrogen-bond donors (Lipinski definition) is 3. The summed E-state index contributed by atoms with van der Waals surface area (Å²) in [6.07, 6.45) is 8.77. The molecule has 0 bridgehead atoms. The zero-order valence-corrected chi connectivity index (χ0v) is 18.9. The van der Waals surface area contributed by atoms with Crippen LogP contribution in [0, 0.1) is 6.92 Å². The highest BCUT2D eigenvalue weighted by atomic mass is 16.5. The van der Waals surface area contributed by atoms with Crippen molar-refractivity contribution in [1.82, 2.24) is 19.8 Å². The third kappa shape index (κ3) is 5.12. The van der Waals surface area contributed by atoms with Gasteiger partial charge in [0.05, 0.1) is 41.1 Å². The van der Waals surface area contributed by atoms with Gasteiger partial charge in [0.2, 0.25) is 0 Å². The summed E-state index contributed by atoms with van der Waals surface area (Å²) >= 11 is 0. The quantitative estimate of drug-likeness (QED) is 0.440. The van der Waals surface area contributed by atoms with Gasteiger partial charge in [0.1, 0.15) is 11.6 Å². The lowest BCUT2D eigenvalue weighted by Gasteiger charge is -2.24. The predicted molar refractivity (Wildman–Crippen MR) is 123 cm³/mol.